The van der Waals surface area contributed by atoms with Crippen LogP contribution in [0.25, 0.3) is 0 Å². The molecular weight excluding hydrogens is 280 g/mol. The first kappa shape index (κ1) is 12.5. The number of benzene rings is 1. The molecule has 0 aliphatic carbocycles. The lowest BCUT2D eigenvalue weighted by molar-refractivity contribution is 0.305. The number of hydrogen-bond acceptors (Lipinski definition) is 2. The Morgan fingerprint density at radius 3 is 2.59 bits per heavy atom. The Kier molecular flexibility index (Phi) is 4.11. The molecule has 1 aromatic heterocycles. The van der Waals surface area contributed by atoms with Crippen LogP contribution in [-0.4, -0.2) is 4.98 Å². The van der Waals surface area contributed by atoms with Gasteiger partial charge >= 0.3 is 0 Å². The summed E-state index contributed by atoms with van der Waals surface area (Å²) in [6.45, 7) is 0.336. The third-order valence-corrected chi connectivity index (χ3v) is 3.21. The normalized spacial score (nSPS) is 10.3. The first-order valence-electron chi connectivity index (χ1n) is 4.84. The van der Waals surface area contributed by atoms with Gasteiger partial charge in [0.05, 0.1) is 16.2 Å². The van der Waals surface area contributed by atoms with Gasteiger partial charge in [0.15, 0.2) is 0 Å². The Hall–Kier alpha value is -0.960. The molecule has 5 heteroatoms. The van der Waals surface area contributed by atoms with E-state index in [4.69, 9.17) is 39.5 Å². The van der Waals surface area contributed by atoms with Crippen molar-refractivity contribution in [1.82, 2.24) is 4.98 Å². The summed E-state index contributed by atoms with van der Waals surface area (Å²) >= 11 is 17.6. The fraction of sp³-hybridized carbons (Fsp3) is 0.0833. The predicted molar refractivity (Wildman–Crippen MR) is 70.0 cm³/mol. The maximum atomic E-state index is 6.04. The van der Waals surface area contributed by atoms with Crippen LogP contribution in [0.2, 0.25) is 15.2 Å². The van der Waals surface area contributed by atoms with Crippen molar-refractivity contribution in [2.45, 2.75) is 6.61 Å². The van der Waals surface area contributed by atoms with Crippen molar-refractivity contribution in [1.29, 1.82) is 0 Å². The second kappa shape index (κ2) is 5.58. The summed E-state index contributed by atoms with van der Waals surface area (Å²) < 4.78 is 5.52. The SMILES string of the molecule is Clc1ccc(OCc2cccc(Cl)c2Cl)cn1. The molecular formula is C12H8Cl3NO. The molecule has 0 aliphatic heterocycles. The zero-order chi connectivity index (χ0) is 12.3. The number of pyridine rings is 1. The summed E-state index contributed by atoms with van der Waals surface area (Å²) in [6, 6.07) is 8.83. The number of ether oxygens (including phenoxy) is 1. The van der Waals surface area contributed by atoms with E-state index in [1.807, 2.05) is 12.1 Å². The van der Waals surface area contributed by atoms with Gasteiger partial charge < -0.3 is 4.74 Å². The van der Waals surface area contributed by atoms with Gasteiger partial charge in [-0.3, -0.25) is 0 Å². The molecule has 0 amide bonds. The third-order valence-electron chi connectivity index (χ3n) is 2.13. The highest BCUT2D eigenvalue weighted by molar-refractivity contribution is 6.42. The summed E-state index contributed by atoms with van der Waals surface area (Å²) in [6.07, 6.45) is 1.56. The fourth-order valence-corrected chi connectivity index (χ4v) is 1.76. The van der Waals surface area contributed by atoms with E-state index in [9.17, 15) is 0 Å². The molecule has 2 aromatic rings. The van der Waals surface area contributed by atoms with Crippen LogP contribution in [0, 0.1) is 0 Å². The predicted octanol–water partition coefficient (Wildman–Crippen LogP) is 4.62. The number of halogens is 3. The molecule has 17 heavy (non-hydrogen) atoms. The third kappa shape index (κ3) is 3.25. The summed E-state index contributed by atoms with van der Waals surface area (Å²) in [5, 5.41) is 1.45. The molecule has 0 fully saturated rings. The average molecular weight is 289 g/mol. The molecule has 0 radical (unpaired) electrons. The lowest BCUT2D eigenvalue weighted by Crippen LogP contribution is -1.96. The molecule has 0 aliphatic rings. The first-order chi connectivity index (χ1) is 8.16. The molecule has 0 saturated heterocycles. The van der Waals surface area contributed by atoms with Gasteiger partial charge in [-0.2, -0.15) is 0 Å². The minimum atomic E-state index is 0.336. The van der Waals surface area contributed by atoms with Crippen LogP contribution in [0.5, 0.6) is 5.75 Å². The van der Waals surface area contributed by atoms with Gasteiger partial charge in [-0.05, 0) is 18.2 Å². The molecule has 1 aromatic carbocycles. The Morgan fingerprint density at radius 1 is 1.06 bits per heavy atom. The van der Waals surface area contributed by atoms with Crippen molar-refractivity contribution in [3.05, 3.63) is 57.3 Å². The summed E-state index contributed by atoms with van der Waals surface area (Å²) in [5.41, 5.74) is 0.828. The smallest absolute Gasteiger partial charge is 0.138 e. The maximum absolute atomic E-state index is 6.04. The summed E-state index contributed by atoms with van der Waals surface area (Å²) in [7, 11) is 0. The second-order valence-corrected chi connectivity index (χ2v) is 4.49. The highest BCUT2D eigenvalue weighted by atomic mass is 35.5. The van der Waals surface area contributed by atoms with Gasteiger partial charge in [0, 0.05) is 5.56 Å². The Labute approximate surface area is 114 Å². The van der Waals surface area contributed by atoms with Gasteiger partial charge in [0.25, 0.3) is 0 Å². The highest BCUT2D eigenvalue weighted by Gasteiger charge is 2.05. The summed E-state index contributed by atoms with van der Waals surface area (Å²) in [5.74, 6) is 0.630. The summed E-state index contributed by atoms with van der Waals surface area (Å²) in [4.78, 5) is 3.91. The van der Waals surface area contributed by atoms with Crippen molar-refractivity contribution in [2.75, 3.05) is 0 Å². The van der Waals surface area contributed by atoms with Gasteiger partial charge in [0.2, 0.25) is 0 Å². The van der Waals surface area contributed by atoms with Crippen LogP contribution in [-0.2, 0) is 6.61 Å². The lowest BCUT2D eigenvalue weighted by atomic mass is 10.2. The Bertz CT molecular complexity index is 514. The van der Waals surface area contributed by atoms with E-state index in [0.717, 1.165) is 5.56 Å². The topological polar surface area (TPSA) is 22.1 Å². The largest absolute Gasteiger partial charge is 0.487 e. The van der Waals surface area contributed by atoms with Gasteiger partial charge in [-0.15, -0.1) is 0 Å². The standard InChI is InChI=1S/C12H8Cl3NO/c13-10-3-1-2-8(12(10)15)7-17-9-4-5-11(14)16-6-9/h1-6H,7H2. The molecule has 1 heterocycles. The quantitative estimate of drug-likeness (QED) is 0.769. The van der Waals surface area contributed by atoms with Crippen molar-refractivity contribution >= 4 is 34.8 Å². The average Bonchev–Trinajstić information content (AvgIpc) is 2.33. The van der Waals surface area contributed by atoms with Gasteiger partial charge in [-0.1, -0.05) is 46.9 Å². The van der Waals surface area contributed by atoms with Crippen LogP contribution in [0.15, 0.2) is 36.5 Å². The Morgan fingerprint density at radius 2 is 1.88 bits per heavy atom. The minimum Gasteiger partial charge on any atom is -0.487 e. The van der Waals surface area contributed by atoms with Crippen molar-refractivity contribution < 1.29 is 4.74 Å². The van der Waals surface area contributed by atoms with E-state index in [0.29, 0.717) is 27.6 Å². The van der Waals surface area contributed by atoms with Crippen LogP contribution >= 0.6 is 34.8 Å². The monoisotopic (exact) mass is 287 g/mol. The maximum Gasteiger partial charge on any atom is 0.138 e. The van der Waals surface area contributed by atoms with E-state index >= 15 is 0 Å². The molecule has 88 valence electrons. The molecule has 0 bridgehead atoms. The molecule has 2 rings (SSSR count). The van der Waals surface area contributed by atoms with E-state index in [1.165, 1.54) is 0 Å². The van der Waals surface area contributed by atoms with Crippen molar-refractivity contribution in [2.24, 2.45) is 0 Å². The zero-order valence-corrected chi connectivity index (χ0v) is 10.9. The molecule has 0 saturated carbocycles. The fourth-order valence-electron chi connectivity index (χ4n) is 1.27. The molecule has 2 nitrogen and oxygen atoms in total. The number of hydrogen-bond donors (Lipinski definition) is 0. The molecule has 0 N–H and O–H groups in total. The molecule has 0 unspecified atom stereocenters. The lowest BCUT2D eigenvalue weighted by Gasteiger charge is -2.08. The van der Waals surface area contributed by atoms with Gasteiger partial charge in [-0.25, -0.2) is 4.98 Å². The second-order valence-electron chi connectivity index (χ2n) is 3.32. The Balaban J connectivity index is 2.07. The zero-order valence-electron chi connectivity index (χ0n) is 8.66. The van der Waals surface area contributed by atoms with Crippen LogP contribution in [0.4, 0.5) is 0 Å². The van der Waals surface area contributed by atoms with Crippen LogP contribution in [0.3, 0.4) is 0 Å². The minimum absolute atomic E-state index is 0.336. The number of aromatic nitrogens is 1. The highest BCUT2D eigenvalue weighted by Crippen LogP contribution is 2.26. The number of rotatable bonds is 3. The van der Waals surface area contributed by atoms with E-state index in [1.54, 1.807) is 24.4 Å². The van der Waals surface area contributed by atoms with Crippen molar-refractivity contribution in [3.8, 4) is 5.75 Å². The van der Waals surface area contributed by atoms with Crippen LogP contribution in [0.1, 0.15) is 5.56 Å². The van der Waals surface area contributed by atoms with E-state index in [-0.39, 0.29) is 0 Å². The molecule has 0 atom stereocenters. The van der Waals surface area contributed by atoms with E-state index < -0.39 is 0 Å². The molecule has 0 spiro atoms. The number of nitrogens with zero attached hydrogens (tertiary/aromatic N) is 1. The van der Waals surface area contributed by atoms with Crippen LogP contribution < -0.4 is 4.74 Å². The van der Waals surface area contributed by atoms with E-state index in [2.05, 4.69) is 4.98 Å². The van der Waals surface area contributed by atoms with Gasteiger partial charge in [0.1, 0.15) is 17.5 Å². The van der Waals surface area contributed by atoms with Crippen molar-refractivity contribution in [3.63, 3.8) is 0 Å². The first-order valence-corrected chi connectivity index (χ1v) is 5.97.